The Morgan fingerprint density at radius 3 is 2.88 bits per heavy atom. The van der Waals surface area contributed by atoms with Crippen molar-refractivity contribution in [3.8, 4) is 10.6 Å². The van der Waals surface area contributed by atoms with Gasteiger partial charge < -0.3 is 20.6 Å². The van der Waals surface area contributed by atoms with Crippen LogP contribution in [0.4, 0.5) is 16.8 Å². The monoisotopic (exact) mass is 452 g/mol. The first-order chi connectivity index (χ1) is 15.4. The molecule has 0 bridgehead atoms. The van der Waals surface area contributed by atoms with Crippen LogP contribution in [0.3, 0.4) is 0 Å². The molecule has 0 saturated carbocycles. The van der Waals surface area contributed by atoms with Gasteiger partial charge in [0.1, 0.15) is 23.7 Å². The van der Waals surface area contributed by atoms with Crippen molar-refractivity contribution in [2.45, 2.75) is 38.8 Å². The Labute approximate surface area is 189 Å². The number of hydrogen-bond acceptors (Lipinski definition) is 8. The van der Waals surface area contributed by atoms with Crippen LogP contribution >= 0.6 is 11.3 Å². The molecule has 9 nitrogen and oxygen atoms in total. The van der Waals surface area contributed by atoms with E-state index in [1.54, 1.807) is 12.4 Å². The number of nitrogens with zero attached hydrogens (tertiary/aromatic N) is 4. The zero-order valence-electron chi connectivity index (χ0n) is 17.8. The average molecular weight is 453 g/mol. The highest BCUT2D eigenvalue weighted by atomic mass is 32.1. The van der Waals surface area contributed by atoms with Crippen molar-refractivity contribution in [3.63, 3.8) is 0 Å². The number of carboxylic acid groups (broad SMARTS) is 1. The maximum Gasteiger partial charge on any atom is 0.325 e. The molecular formula is C22H24N6O3S. The minimum absolute atomic E-state index is 0.288. The van der Waals surface area contributed by atoms with Crippen LogP contribution in [0.5, 0.6) is 0 Å². The molecule has 1 aliphatic heterocycles. The Balaban J connectivity index is 1.50. The van der Waals surface area contributed by atoms with Crippen molar-refractivity contribution in [3.05, 3.63) is 48.3 Å². The molecule has 4 heterocycles. The molecule has 166 valence electrons. The summed E-state index contributed by atoms with van der Waals surface area (Å²) in [6.45, 7) is 4.16. The van der Waals surface area contributed by atoms with Gasteiger partial charge in [-0.15, -0.1) is 0 Å². The van der Waals surface area contributed by atoms with E-state index in [1.807, 2.05) is 42.2 Å². The number of anilines is 3. The molecule has 1 amide bonds. The van der Waals surface area contributed by atoms with Gasteiger partial charge in [0.05, 0.1) is 10.6 Å². The smallest absolute Gasteiger partial charge is 0.325 e. The third-order valence-corrected chi connectivity index (χ3v) is 6.25. The summed E-state index contributed by atoms with van der Waals surface area (Å²) in [5, 5.41) is 15.6. The van der Waals surface area contributed by atoms with Crippen LogP contribution in [0.15, 0.2) is 42.7 Å². The lowest BCUT2D eigenvalue weighted by molar-refractivity contribution is -0.141. The highest BCUT2D eigenvalue weighted by molar-refractivity contribution is 7.18. The first kappa shape index (κ1) is 21.7. The molecule has 1 fully saturated rings. The second kappa shape index (κ2) is 9.31. The van der Waals surface area contributed by atoms with E-state index in [9.17, 15) is 9.59 Å². The van der Waals surface area contributed by atoms with E-state index in [0.29, 0.717) is 18.8 Å². The summed E-state index contributed by atoms with van der Waals surface area (Å²) in [5.74, 6) is 0.0572. The van der Waals surface area contributed by atoms with Crippen molar-refractivity contribution >= 4 is 40.0 Å². The van der Waals surface area contributed by atoms with Crippen LogP contribution in [0.1, 0.15) is 25.3 Å². The molecule has 0 spiro atoms. The third-order valence-electron chi connectivity index (χ3n) is 5.20. The van der Waals surface area contributed by atoms with E-state index < -0.39 is 18.1 Å². The molecule has 0 aromatic carbocycles. The normalized spacial score (nSPS) is 16.6. The zero-order chi connectivity index (χ0) is 22.7. The molecule has 3 aromatic heterocycles. The summed E-state index contributed by atoms with van der Waals surface area (Å²) in [6, 6.07) is 8.22. The number of thiazole rings is 1. The minimum atomic E-state index is -1.06. The number of rotatable bonds is 7. The topological polar surface area (TPSA) is 120 Å². The number of aromatic nitrogens is 3. The van der Waals surface area contributed by atoms with Crippen LogP contribution in [0, 0.1) is 6.92 Å². The van der Waals surface area contributed by atoms with Crippen LogP contribution in [-0.2, 0) is 9.59 Å². The number of nitrogens with one attached hydrogen (secondary N) is 2. The van der Waals surface area contributed by atoms with E-state index in [4.69, 9.17) is 5.11 Å². The fraction of sp³-hybridized carbons (Fsp3) is 0.318. The van der Waals surface area contributed by atoms with Crippen molar-refractivity contribution in [2.75, 3.05) is 16.8 Å². The minimum Gasteiger partial charge on any atom is -0.480 e. The number of carbonyl (C=O) groups is 2. The van der Waals surface area contributed by atoms with Gasteiger partial charge in [-0.1, -0.05) is 17.4 Å². The Hall–Kier alpha value is -3.53. The number of carbonyl (C=O) groups excluding carboxylic acids is 1. The van der Waals surface area contributed by atoms with Crippen LogP contribution in [-0.4, -0.2) is 50.6 Å². The van der Waals surface area contributed by atoms with Crippen molar-refractivity contribution in [2.24, 2.45) is 0 Å². The predicted molar refractivity (Wildman–Crippen MR) is 123 cm³/mol. The van der Waals surface area contributed by atoms with Gasteiger partial charge in [-0.25, -0.2) is 15.0 Å². The lowest BCUT2D eigenvalue weighted by Gasteiger charge is -2.24. The SMILES string of the molecule is Cc1ccnc(Nc2cccc(-c3cnc(N4CCC[C@H]4C(=O)N[C@@H](C)C(=O)O)s3)n2)c1. The summed E-state index contributed by atoms with van der Waals surface area (Å²) in [4.78, 5) is 40.0. The van der Waals surface area contributed by atoms with Gasteiger partial charge in [0.25, 0.3) is 0 Å². The fourth-order valence-corrected chi connectivity index (χ4v) is 4.49. The first-order valence-corrected chi connectivity index (χ1v) is 11.1. The first-order valence-electron chi connectivity index (χ1n) is 10.3. The van der Waals surface area contributed by atoms with E-state index in [-0.39, 0.29) is 5.91 Å². The quantitative estimate of drug-likeness (QED) is 0.500. The second-order valence-electron chi connectivity index (χ2n) is 7.68. The largest absolute Gasteiger partial charge is 0.480 e. The Morgan fingerprint density at radius 1 is 1.25 bits per heavy atom. The Bertz CT molecular complexity index is 1130. The van der Waals surface area contributed by atoms with Crippen molar-refractivity contribution in [1.82, 2.24) is 20.3 Å². The van der Waals surface area contributed by atoms with E-state index in [1.165, 1.54) is 18.3 Å². The van der Waals surface area contributed by atoms with Crippen molar-refractivity contribution in [1.29, 1.82) is 0 Å². The number of pyridine rings is 2. The molecule has 3 N–H and O–H groups in total. The molecule has 3 aromatic rings. The van der Waals surface area contributed by atoms with Gasteiger partial charge in [0, 0.05) is 18.9 Å². The molecule has 0 radical (unpaired) electrons. The summed E-state index contributed by atoms with van der Waals surface area (Å²) in [6.07, 6.45) is 5.00. The highest BCUT2D eigenvalue weighted by Gasteiger charge is 2.33. The molecule has 10 heteroatoms. The van der Waals surface area contributed by atoms with Crippen molar-refractivity contribution < 1.29 is 14.7 Å². The zero-order valence-corrected chi connectivity index (χ0v) is 18.6. The van der Waals surface area contributed by atoms with Crippen LogP contribution in [0.25, 0.3) is 10.6 Å². The molecule has 2 atom stereocenters. The van der Waals surface area contributed by atoms with Gasteiger partial charge in [-0.3, -0.25) is 9.59 Å². The molecule has 0 aliphatic carbocycles. The second-order valence-corrected chi connectivity index (χ2v) is 8.69. The fourth-order valence-electron chi connectivity index (χ4n) is 3.53. The summed E-state index contributed by atoms with van der Waals surface area (Å²) in [5.41, 5.74) is 1.87. The lowest BCUT2D eigenvalue weighted by atomic mass is 10.2. The molecule has 1 saturated heterocycles. The van der Waals surface area contributed by atoms with Crippen LogP contribution < -0.4 is 15.5 Å². The van der Waals surface area contributed by atoms with Gasteiger partial charge in [0.2, 0.25) is 5.91 Å². The van der Waals surface area contributed by atoms with E-state index in [0.717, 1.165) is 33.5 Å². The number of amides is 1. The molecular weight excluding hydrogens is 428 g/mol. The van der Waals surface area contributed by atoms with Gasteiger partial charge in [0.15, 0.2) is 5.13 Å². The third kappa shape index (κ3) is 4.86. The van der Waals surface area contributed by atoms with Gasteiger partial charge >= 0.3 is 5.97 Å². The Morgan fingerprint density at radius 2 is 2.09 bits per heavy atom. The Kier molecular flexibility index (Phi) is 6.31. The van der Waals surface area contributed by atoms with Gasteiger partial charge in [-0.2, -0.15) is 0 Å². The number of hydrogen-bond donors (Lipinski definition) is 3. The molecule has 32 heavy (non-hydrogen) atoms. The maximum atomic E-state index is 12.6. The summed E-state index contributed by atoms with van der Waals surface area (Å²) < 4.78 is 0. The lowest BCUT2D eigenvalue weighted by Crippen LogP contribution is -2.48. The molecule has 1 aliphatic rings. The summed E-state index contributed by atoms with van der Waals surface area (Å²) in [7, 11) is 0. The molecule has 0 unspecified atom stereocenters. The average Bonchev–Trinajstić information content (AvgIpc) is 3.43. The summed E-state index contributed by atoms with van der Waals surface area (Å²) >= 11 is 1.46. The van der Waals surface area contributed by atoms with Gasteiger partial charge in [-0.05, 0) is 56.5 Å². The predicted octanol–water partition coefficient (Wildman–Crippen LogP) is 3.21. The number of aryl methyl sites for hydroxylation is 1. The number of aliphatic carboxylic acids is 1. The molecule has 4 rings (SSSR count). The maximum absolute atomic E-state index is 12.6. The highest BCUT2D eigenvalue weighted by Crippen LogP contribution is 2.34. The van der Waals surface area contributed by atoms with E-state index in [2.05, 4.69) is 25.6 Å². The van der Waals surface area contributed by atoms with E-state index >= 15 is 0 Å². The standard InChI is InChI=1S/C22H24N6O3S/c1-13-8-9-23-19(11-13)27-18-7-3-5-15(26-18)17-12-24-22(32-17)28-10-4-6-16(28)20(29)25-14(2)21(30)31/h3,5,7-9,11-12,14,16H,4,6,10H2,1-2H3,(H,25,29)(H,30,31)(H,23,26,27)/t14-,16-/m0/s1. The number of carboxylic acids is 1. The van der Waals surface area contributed by atoms with Crippen LogP contribution in [0.2, 0.25) is 0 Å².